The molecule has 0 aromatic carbocycles. The van der Waals surface area contributed by atoms with Crippen molar-refractivity contribution in [2.75, 3.05) is 26.4 Å². The highest BCUT2D eigenvalue weighted by Crippen LogP contribution is 2.35. The molecule has 32 heavy (non-hydrogen) atoms. The number of esters is 4. The van der Waals surface area contributed by atoms with Gasteiger partial charge >= 0.3 is 23.9 Å². The summed E-state index contributed by atoms with van der Waals surface area (Å²) in [6.07, 6.45) is 3.86. The second-order valence-electron chi connectivity index (χ2n) is 7.54. The number of rotatable bonds is 13. The maximum Gasteiger partial charge on any atom is 0.320 e. The largest absolute Gasteiger partial charge is 0.466 e. The lowest BCUT2D eigenvalue weighted by molar-refractivity contribution is -0.162. The van der Waals surface area contributed by atoms with E-state index in [4.69, 9.17) is 18.9 Å². The van der Waals surface area contributed by atoms with Gasteiger partial charge in [-0.15, -0.1) is 0 Å². The Labute approximate surface area is 190 Å². The number of allylic oxidation sites excluding steroid dienone is 3. The maximum absolute atomic E-state index is 12.5. The molecule has 180 valence electrons. The Balaban J connectivity index is 2.79. The smallest absolute Gasteiger partial charge is 0.320 e. The molecule has 0 spiro atoms. The van der Waals surface area contributed by atoms with Gasteiger partial charge in [0.05, 0.1) is 38.3 Å². The Hall–Kier alpha value is -2.64. The molecule has 0 N–H and O–H groups in total. The van der Waals surface area contributed by atoms with Gasteiger partial charge in [0, 0.05) is 0 Å². The minimum Gasteiger partial charge on any atom is -0.466 e. The molecule has 0 bridgehead atoms. The van der Waals surface area contributed by atoms with Crippen LogP contribution in [0, 0.1) is 17.8 Å². The molecule has 2 atom stereocenters. The molecule has 0 radical (unpaired) electrons. The van der Waals surface area contributed by atoms with Crippen LogP contribution in [0.2, 0.25) is 0 Å². The zero-order valence-corrected chi connectivity index (χ0v) is 19.6. The van der Waals surface area contributed by atoms with Crippen LogP contribution in [0.25, 0.3) is 0 Å². The van der Waals surface area contributed by atoms with Crippen molar-refractivity contribution in [3.8, 4) is 0 Å². The van der Waals surface area contributed by atoms with Crippen LogP contribution in [0.3, 0.4) is 0 Å². The third kappa shape index (κ3) is 8.48. The lowest BCUT2D eigenvalue weighted by Crippen LogP contribution is -2.34. The first-order valence-corrected chi connectivity index (χ1v) is 11.3. The summed E-state index contributed by atoms with van der Waals surface area (Å²) in [5, 5.41) is 0. The third-order valence-electron chi connectivity index (χ3n) is 5.21. The van der Waals surface area contributed by atoms with E-state index in [1.54, 1.807) is 27.7 Å². The molecule has 0 aromatic rings. The first-order chi connectivity index (χ1) is 15.3. The molecule has 2 unspecified atom stereocenters. The molecule has 0 aromatic heterocycles. The van der Waals surface area contributed by atoms with Gasteiger partial charge in [0.2, 0.25) is 0 Å². The average Bonchev–Trinajstić information content (AvgIpc) is 2.74. The van der Waals surface area contributed by atoms with E-state index in [0.29, 0.717) is 25.7 Å². The molecule has 0 saturated carbocycles. The van der Waals surface area contributed by atoms with Gasteiger partial charge in [-0.25, -0.2) is 0 Å². The van der Waals surface area contributed by atoms with Crippen molar-refractivity contribution in [2.24, 2.45) is 17.8 Å². The van der Waals surface area contributed by atoms with E-state index in [0.717, 1.165) is 11.1 Å². The summed E-state index contributed by atoms with van der Waals surface area (Å²) in [6.45, 7) is 11.7. The molecular weight excluding hydrogens is 416 g/mol. The van der Waals surface area contributed by atoms with E-state index < -0.39 is 41.6 Å². The van der Waals surface area contributed by atoms with Gasteiger partial charge in [-0.05, 0) is 59.8 Å². The summed E-state index contributed by atoms with van der Waals surface area (Å²) in [5.41, 5.74) is 1.78. The third-order valence-corrected chi connectivity index (χ3v) is 5.21. The normalized spacial score (nSPS) is 17.8. The topological polar surface area (TPSA) is 105 Å². The van der Waals surface area contributed by atoms with Crippen molar-refractivity contribution in [2.45, 2.75) is 59.8 Å². The highest BCUT2D eigenvalue weighted by molar-refractivity contribution is 5.94. The van der Waals surface area contributed by atoms with Crippen LogP contribution >= 0.6 is 0 Å². The molecular formula is C24H36O8. The molecule has 0 amide bonds. The van der Waals surface area contributed by atoms with E-state index in [1.165, 1.54) is 0 Å². The predicted molar refractivity (Wildman–Crippen MR) is 117 cm³/mol. The van der Waals surface area contributed by atoms with Gasteiger partial charge in [0.25, 0.3) is 0 Å². The van der Waals surface area contributed by atoms with Gasteiger partial charge in [-0.2, -0.15) is 0 Å². The molecule has 0 fully saturated rings. The van der Waals surface area contributed by atoms with E-state index in [2.05, 4.69) is 6.58 Å². The molecule has 8 nitrogen and oxygen atoms in total. The van der Waals surface area contributed by atoms with E-state index in [9.17, 15) is 19.2 Å². The first-order valence-electron chi connectivity index (χ1n) is 11.3. The highest BCUT2D eigenvalue weighted by atomic mass is 16.6. The Morgan fingerprint density at radius 3 is 1.88 bits per heavy atom. The molecule has 8 heteroatoms. The van der Waals surface area contributed by atoms with Gasteiger partial charge in [-0.3, -0.25) is 19.2 Å². The fourth-order valence-corrected chi connectivity index (χ4v) is 3.69. The van der Waals surface area contributed by atoms with Crippen LogP contribution < -0.4 is 0 Å². The number of hydrogen-bond donors (Lipinski definition) is 0. The lowest BCUT2D eigenvalue weighted by Gasteiger charge is -2.28. The summed E-state index contributed by atoms with van der Waals surface area (Å²) >= 11 is 0. The molecule has 0 saturated heterocycles. The summed E-state index contributed by atoms with van der Waals surface area (Å²) < 4.78 is 20.3. The van der Waals surface area contributed by atoms with E-state index in [1.807, 2.05) is 6.08 Å². The fraction of sp³-hybridized carbons (Fsp3) is 0.667. The predicted octanol–water partition coefficient (Wildman–Crippen LogP) is 3.53. The molecule has 1 aliphatic carbocycles. The number of hydrogen-bond acceptors (Lipinski definition) is 8. The van der Waals surface area contributed by atoms with Crippen molar-refractivity contribution in [3.05, 3.63) is 23.8 Å². The van der Waals surface area contributed by atoms with Gasteiger partial charge < -0.3 is 18.9 Å². The molecule has 1 rings (SSSR count). The van der Waals surface area contributed by atoms with Crippen LogP contribution in [0.1, 0.15) is 59.8 Å². The van der Waals surface area contributed by atoms with E-state index in [-0.39, 0.29) is 32.8 Å². The number of carbonyl (C=O) groups excluding carboxylic acids is 4. The van der Waals surface area contributed by atoms with Gasteiger partial charge in [0.1, 0.15) is 0 Å². The van der Waals surface area contributed by atoms with Crippen LogP contribution in [0.4, 0.5) is 0 Å². The van der Waals surface area contributed by atoms with Crippen molar-refractivity contribution in [3.63, 3.8) is 0 Å². The number of ether oxygens (including phenoxy) is 4. The Kier molecular flexibility index (Phi) is 12.4. The zero-order valence-electron chi connectivity index (χ0n) is 19.6. The highest BCUT2D eigenvalue weighted by Gasteiger charge is 2.38. The fourth-order valence-electron chi connectivity index (χ4n) is 3.69. The van der Waals surface area contributed by atoms with E-state index >= 15 is 0 Å². The summed E-state index contributed by atoms with van der Waals surface area (Å²) in [4.78, 5) is 49.0. The molecule has 0 heterocycles. The minimum atomic E-state index is -0.993. The second-order valence-corrected chi connectivity index (χ2v) is 7.54. The van der Waals surface area contributed by atoms with Gasteiger partial charge in [0.15, 0.2) is 5.92 Å². The summed E-state index contributed by atoms with van der Waals surface area (Å²) in [7, 11) is 0. The van der Waals surface area contributed by atoms with Crippen molar-refractivity contribution in [1.82, 2.24) is 0 Å². The SMILES string of the molecule is C=C(CCC(C(=O)OCC)C(=O)OCC)CC1=CCC(C(=O)OCC)C(C(=O)OCC)C1. The maximum atomic E-state index is 12.5. The van der Waals surface area contributed by atoms with Crippen molar-refractivity contribution in [1.29, 1.82) is 0 Å². The summed E-state index contributed by atoms with van der Waals surface area (Å²) in [6, 6.07) is 0. The first kappa shape index (κ1) is 27.4. The zero-order chi connectivity index (χ0) is 24.1. The van der Waals surface area contributed by atoms with Crippen molar-refractivity contribution >= 4 is 23.9 Å². The van der Waals surface area contributed by atoms with Gasteiger partial charge in [-0.1, -0.05) is 23.8 Å². The Morgan fingerprint density at radius 1 is 0.875 bits per heavy atom. The minimum absolute atomic E-state index is 0.180. The second kappa shape index (κ2) is 14.4. The quantitative estimate of drug-likeness (QED) is 0.181. The monoisotopic (exact) mass is 452 g/mol. The van der Waals surface area contributed by atoms with Crippen molar-refractivity contribution < 1.29 is 38.1 Å². The lowest BCUT2D eigenvalue weighted by atomic mass is 9.77. The Morgan fingerprint density at radius 2 is 1.38 bits per heavy atom. The van der Waals surface area contributed by atoms with Crippen LogP contribution in [0.15, 0.2) is 23.8 Å². The van der Waals surface area contributed by atoms with Crippen LogP contribution in [-0.4, -0.2) is 50.3 Å². The average molecular weight is 453 g/mol. The number of carbonyl (C=O) groups is 4. The van der Waals surface area contributed by atoms with Crippen LogP contribution in [-0.2, 0) is 38.1 Å². The standard InChI is InChI=1S/C24H36O8/c1-6-29-21(25)18-13-11-17(15-20(18)24(28)32-9-4)14-16(5)10-12-19(22(26)30-7-2)23(27)31-8-3/h11,18-20H,5-10,12-15H2,1-4H3. The molecule has 1 aliphatic rings. The Bertz CT molecular complexity index is 691. The van der Waals surface area contributed by atoms with Crippen LogP contribution in [0.5, 0.6) is 0 Å². The summed E-state index contributed by atoms with van der Waals surface area (Å²) in [5.74, 6) is -4.17. The molecule has 0 aliphatic heterocycles.